The van der Waals surface area contributed by atoms with Crippen molar-refractivity contribution in [2.45, 2.75) is 37.5 Å². The highest BCUT2D eigenvalue weighted by molar-refractivity contribution is 9.10. The number of carbonyl (C=O) groups excluding carboxylic acids is 1. The van der Waals surface area contributed by atoms with Gasteiger partial charge in [0.1, 0.15) is 0 Å². The van der Waals surface area contributed by atoms with Crippen molar-refractivity contribution in [1.82, 2.24) is 0 Å². The van der Waals surface area contributed by atoms with E-state index in [0.717, 1.165) is 0 Å². The average Bonchev–Trinajstić information content (AvgIpc) is 2.88. The van der Waals surface area contributed by atoms with E-state index in [0.29, 0.717) is 21.6 Å². The van der Waals surface area contributed by atoms with Crippen molar-refractivity contribution in [2.75, 3.05) is 0 Å². The standard InChI is InChI=1S/C15H14BrF5NO3PS/c16-10-9-6-8(13(22)23)5-7(3-1-2-4-14(17,18)19)11(9)27-12(10)15(20,21)26(24)25/h5-6,24-25H,1-4H2,(H2,22,23). The van der Waals surface area contributed by atoms with E-state index in [4.69, 9.17) is 15.5 Å². The molecular formula is C15H14BrF5NO3PS. The molecule has 0 unspecified atom stereocenters. The third-order valence-electron chi connectivity index (χ3n) is 3.77. The van der Waals surface area contributed by atoms with Gasteiger partial charge < -0.3 is 15.5 Å². The number of carbonyl (C=O) groups is 1. The minimum Gasteiger partial charge on any atom is -0.366 e. The van der Waals surface area contributed by atoms with Crippen LogP contribution in [0.2, 0.25) is 0 Å². The summed E-state index contributed by atoms with van der Waals surface area (Å²) in [6.07, 6.45) is -5.16. The lowest BCUT2D eigenvalue weighted by atomic mass is 10.0. The van der Waals surface area contributed by atoms with Crippen LogP contribution in [0.1, 0.15) is 40.1 Å². The van der Waals surface area contributed by atoms with E-state index in [1.165, 1.54) is 12.1 Å². The van der Waals surface area contributed by atoms with Gasteiger partial charge in [-0.1, -0.05) is 0 Å². The Hall–Kier alpha value is -0.870. The minimum absolute atomic E-state index is 0.0250. The number of halogens is 6. The van der Waals surface area contributed by atoms with Gasteiger partial charge in [0.05, 0.1) is 4.88 Å². The Morgan fingerprint density at radius 2 is 1.81 bits per heavy atom. The van der Waals surface area contributed by atoms with Crippen LogP contribution >= 0.6 is 35.6 Å². The molecular weight excluding hydrogens is 480 g/mol. The highest BCUT2D eigenvalue weighted by Gasteiger charge is 2.44. The molecule has 0 aliphatic rings. The van der Waals surface area contributed by atoms with Crippen LogP contribution in [0, 0.1) is 0 Å². The van der Waals surface area contributed by atoms with Crippen LogP contribution < -0.4 is 5.73 Å². The Balaban J connectivity index is 2.47. The summed E-state index contributed by atoms with van der Waals surface area (Å²) < 4.78 is 65.2. The zero-order chi connectivity index (χ0) is 20.6. The Morgan fingerprint density at radius 1 is 1.19 bits per heavy atom. The molecule has 2 aromatic rings. The second-order valence-corrected chi connectivity index (χ2v) is 8.73. The van der Waals surface area contributed by atoms with E-state index in [1.54, 1.807) is 0 Å². The number of hydrogen-bond donors (Lipinski definition) is 3. The maximum absolute atomic E-state index is 14.1. The summed E-state index contributed by atoms with van der Waals surface area (Å²) in [6.45, 7) is 0. The van der Waals surface area contributed by atoms with Crippen LogP contribution in [0.15, 0.2) is 16.6 Å². The molecule has 150 valence electrons. The van der Waals surface area contributed by atoms with Crippen LogP contribution in [0.4, 0.5) is 22.0 Å². The number of unbranched alkanes of at least 4 members (excludes halogenated alkanes) is 1. The lowest BCUT2D eigenvalue weighted by Crippen LogP contribution is -2.11. The Morgan fingerprint density at radius 3 is 2.33 bits per heavy atom. The molecule has 1 aromatic carbocycles. The molecule has 0 spiro atoms. The number of rotatable bonds is 7. The molecule has 4 N–H and O–H groups in total. The predicted octanol–water partition coefficient (Wildman–Crippen LogP) is 5.38. The van der Waals surface area contributed by atoms with Crippen molar-refractivity contribution in [3.63, 3.8) is 0 Å². The van der Waals surface area contributed by atoms with E-state index in [9.17, 15) is 26.7 Å². The molecule has 0 saturated carbocycles. The van der Waals surface area contributed by atoms with Crippen molar-refractivity contribution in [2.24, 2.45) is 5.73 Å². The number of benzene rings is 1. The molecule has 0 aliphatic carbocycles. The van der Waals surface area contributed by atoms with Gasteiger partial charge in [0.25, 0.3) is 0 Å². The highest BCUT2D eigenvalue weighted by atomic mass is 79.9. The fraction of sp³-hybridized carbons (Fsp3) is 0.400. The Kier molecular flexibility index (Phi) is 6.85. The van der Waals surface area contributed by atoms with E-state index in [1.807, 2.05) is 0 Å². The van der Waals surface area contributed by atoms with Crippen molar-refractivity contribution >= 4 is 51.6 Å². The first-order chi connectivity index (χ1) is 12.3. The largest absolute Gasteiger partial charge is 0.389 e. The van der Waals surface area contributed by atoms with Crippen molar-refractivity contribution in [3.05, 3.63) is 32.6 Å². The van der Waals surface area contributed by atoms with E-state index < -0.39 is 37.4 Å². The molecule has 0 saturated heterocycles. The molecule has 0 fully saturated rings. The summed E-state index contributed by atoms with van der Waals surface area (Å²) in [4.78, 5) is 28.9. The van der Waals surface area contributed by atoms with Gasteiger partial charge >= 0.3 is 11.8 Å². The molecule has 27 heavy (non-hydrogen) atoms. The van der Waals surface area contributed by atoms with Crippen molar-refractivity contribution in [3.8, 4) is 0 Å². The molecule has 0 atom stereocenters. The predicted molar refractivity (Wildman–Crippen MR) is 96.9 cm³/mol. The summed E-state index contributed by atoms with van der Waals surface area (Å²) in [5.74, 6) is -0.814. The maximum Gasteiger partial charge on any atom is 0.389 e. The molecule has 1 amide bonds. The molecule has 0 bridgehead atoms. The van der Waals surface area contributed by atoms with Gasteiger partial charge in [-0.05, 0) is 52.9 Å². The summed E-state index contributed by atoms with van der Waals surface area (Å²) in [7, 11) is -3.60. The third kappa shape index (κ3) is 5.14. The topological polar surface area (TPSA) is 83.6 Å². The SMILES string of the molecule is NC(=O)c1cc(CCCCC(F)(F)F)c2sc(C(F)(F)P(O)O)c(Br)c2c1. The third-order valence-corrected chi connectivity index (χ3v) is 7.09. The number of primary amides is 1. The number of thiophene rings is 1. The number of alkyl halides is 5. The van der Waals surface area contributed by atoms with Gasteiger partial charge in [0, 0.05) is 26.5 Å². The first kappa shape index (κ1) is 22.4. The molecule has 0 radical (unpaired) electrons. The fourth-order valence-electron chi connectivity index (χ4n) is 2.49. The lowest BCUT2D eigenvalue weighted by molar-refractivity contribution is -0.135. The van der Waals surface area contributed by atoms with Gasteiger partial charge in [-0.3, -0.25) is 4.79 Å². The van der Waals surface area contributed by atoms with Crippen LogP contribution in [0.3, 0.4) is 0 Å². The normalized spacial score (nSPS) is 12.9. The molecule has 4 nitrogen and oxygen atoms in total. The second-order valence-electron chi connectivity index (χ2n) is 5.77. The molecule has 12 heteroatoms. The van der Waals surface area contributed by atoms with Gasteiger partial charge in [0.2, 0.25) is 14.3 Å². The summed E-state index contributed by atoms with van der Waals surface area (Å²) >= 11 is 3.59. The van der Waals surface area contributed by atoms with E-state index in [2.05, 4.69) is 15.9 Å². The number of fused-ring (bicyclic) bond motifs is 1. The van der Waals surface area contributed by atoms with Crippen LogP contribution in [0.25, 0.3) is 10.1 Å². The number of nitrogens with two attached hydrogens (primary N) is 1. The minimum atomic E-state index is -4.29. The fourth-order valence-corrected chi connectivity index (χ4v) is 5.35. The van der Waals surface area contributed by atoms with Gasteiger partial charge in [-0.2, -0.15) is 22.0 Å². The van der Waals surface area contributed by atoms with Crippen LogP contribution in [-0.4, -0.2) is 21.9 Å². The van der Waals surface area contributed by atoms with Gasteiger partial charge in [-0.15, -0.1) is 11.3 Å². The number of amides is 1. The Bertz CT molecular complexity index is 856. The zero-order valence-corrected chi connectivity index (χ0v) is 16.8. The van der Waals surface area contributed by atoms with Crippen molar-refractivity contribution < 1.29 is 36.5 Å². The smallest absolute Gasteiger partial charge is 0.366 e. The van der Waals surface area contributed by atoms with E-state index >= 15 is 0 Å². The monoisotopic (exact) mass is 493 g/mol. The summed E-state index contributed by atoms with van der Waals surface area (Å²) in [6, 6.07) is 2.65. The maximum atomic E-state index is 14.1. The molecule has 0 aliphatic heterocycles. The summed E-state index contributed by atoms with van der Waals surface area (Å²) in [5.41, 5.74) is 1.77. The average molecular weight is 494 g/mol. The first-order valence-corrected chi connectivity index (χ1v) is 10.4. The summed E-state index contributed by atoms with van der Waals surface area (Å²) in [5, 5.41) is 0.216. The van der Waals surface area contributed by atoms with Crippen LogP contribution in [0.5, 0.6) is 0 Å². The van der Waals surface area contributed by atoms with Gasteiger partial charge in [-0.25, -0.2) is 0 Å². The molecule has 1 aromatic heterocycles. The van der Waals surface area contributed by atoms with Crippen molar-refractivity contribution in [1.29, 1.82) is 0 Å². The number of aryl methyl sites for hydroxylation is 1. The lowest BCUT2D eigenvalue weighted by Gasteiger charge is -2.15. The highest BCUT2D eigenvalue weighted by Crippen LogP contribution is 2.58. The quantitative estimate of drug-likeness (QED) is 0.275. The first-order valence-electron chi connectivity index (χ1n) is 7.52. The molecule has 2 rings (SSSR count). The molecule has 1 heterocycles. The second kappa shape index (κ2) is 8.24. The van der Waals surface area contributed by atoms with Gasteiger partial charge in [0.15, 0.2) is 0 Å². The Labute approximate surface area is 164 Å². The van der Waals surface area contributed by atoms with Crippen LogP contribution in [-0.2, 0) is 12.1 Å². The number of hydrogen-bond acceptors (Lipinski definition) is 4. The zero-order valence-electron chi connectivity index (χ0n) is 13.5. The van der Waals surface area contributed by atoms with E-state index in [-0.39, 0.29) is 34.7 Å².